The van der Waals surface area contributed by atoms with Gasteiger partial charge in [-0.3, -0.25) is 4.68 Å². The van der Waals surface area contributed by atoms with E-state index in [0.29, 0.717) is 12.6 Å². The second kappa shape index (κ2) is 5.22. The van der Waals surface area contributed by atoms with Crippen LogP contribution in [0.25, 0.3) is 0 Å². The number of aromatic nitrogens is 4. The van der Waals surface area contributed by atoms with Gasteiger partial charge in [0.15, 0.2) is 0 Å². The highest BCUT2D eigenvalue weighted by Gasteiger charge is 2.21. The van der Waals surface area contributed by atoms with Crippen molar-refractivity contribution in [3.8, 4) is 0 Å². The predicted molar refractivity (Wildman–Crippen MR) is 78.9 cm³/mol. The molecule has 0 amide bonds. The van der Waals surface area contributed by atoms with Gasteiger partial charge in [0.05, 0.1) is 28.6 Å². The van der Waals surface area contributed by atoms with Gasteiger partial charge in [0, 0.05) is 25.8 Å². The average molecular weight is 294 g/mol. The summed E-state index contributed by atoms with van der Waals surface area (Å²) in [5.41, 5.74) is 3.10. The molecule has 108 valence electrons. The summed E-state index contributed by atoms with van der Waals surface area (Å²) in [4.78, 5) is 4.43. The van der Waals surface area contributed by atoms with Crippen molar-refractivity contribution >= 4 is 11.6 Å². The Kier molecular flexibility index (Phi) is 3.56. The molecule has 3 rings (SSSR count). The summed E-state index contributed by atoms with van der Waals surface area (Å²) in [6.45, 7) is 5.53. The van der Waals surface area contributed by atoms with Crippen LogP contribution in [-0.4, -0.2) is 25.4 Å². The van der Waals surface area contributed by atoms with Gasteiger partial charge in [0.1, 0.15) is 5.82 Å². The average Bonchev–Trinajstić information content (AvgIpc) is 3.13. The zero-order chi connectivity index (χ0) is 14.3. The smallest absolute Gasteiger partial charge is 0.106 e. The highest BCUT2D eigenvalue weighted by molar-refractivity contribution is 6.31. The number of rotatable bonds is 5. The first-order valence-corrected chi connectivity index (χ1v) is 7.36. The fourth-order valence-electron chi connectivity index (χ4n) is 2.41. The second-order valence-corrected chi connectivity index (χ2v) is 5.89. The maximum atomic E-state index is 6.34. The quantitative estimate of drug-likeness (QED) is 0.919. The van der Waals surface area contributed by atoms with Crippen LogP contribution < -0.4 is 5.32 Å². The normalized spacial score (nSPS) is 15.0. The van der Waals surface area contributed by atoms with Crippen LogP contribution in [0.5, 0.6) is 0 Å². The lowest BCUT2D eigenvalue weighted by Gasteiger charge is -2.11. The van der Waals surface area contributed by atoms with Gasteiger partial charge in [-0.1, -0.05) is 11.6 Å². The van der Waals surface area contributed by atoms with Crippen LogP contribution in [-0.2, 0) is 20.1 Å². The van der Waals surface area contributed by atoms with E-state index >= 15 is 0 Å². The summed E-state index contributed by atoms with van der Waals surface area (Å²) >= 11 is 6.34. The first kappa shape index (κ1) is 13.6. The second-order valence-electron chi connectivity index (χ2n) is 5.51. The van der Waals surface area contributed by atoms with Gasteiger partial charge < -0.3 is 9.88 Å². The molecule has 0 bridgehead atoms. The van der Waals surface area contributed by atoms with Crippen molar-refractivity contribution in [1.29, 1.82) is 0 Å². The Morgan fingerprint density at radius 3 is 2.75 bits per heavy atom. The third-order valence-corrected chi connectivity index (χ3v) is 4.35. The molecule has 0 unspecified atom stereocenters. The van der Waals surface area contributed by atoms with Gasteiger partial charge in [0.2, 0.25) is 0 Å². The molecule has 0 aromatic carbocycles. The summed E-state index contributed by atoms with van der Waals surface area (Å²) in [7, 11) is 1.93. The molecule has 0 radical (unpaired) electrons. The van der Waals surface area contributed by atoms with E-state index in [1.807, 2.05) is 31.8 Å². The van der Waals surface area contributed by atoms with E-state index < -0.39 is 0 Å². The van der Waals surface area contributed by atoms with Gasteiger partial charge in [-0.2, -0.15) is 5.10 Å². The van der Waals surface area contributed by atoms with Gasteiger partial charge in [-0.05, 0) is 26.7 Å². The monoisotopic (exact) mass is 293 g/mol. The summed E-state index contributed by atoms with van der Waals surface area (Å²) in [6.07, 6.45) is 4.53. The molecule has 0 saturated heterocycles. The maximum Gasteiger partial charge on any atom is 0.106 e. The summed E-state index contributed by atoms with van der Waals surface area (Å²) < 4.78 is 4.06. The lowest BCUT2D eigenvalue weighted by Crippen LogP contribution is -2.19. The molecular formula is C14H20ClN5. The summed E-state index contributed by atoms with van der Waals surface area (Å²) in [5.74, 6) is 1.01. The number of nitrogens with zero attached hydrogens (tertiary/aromatic N) is 4. The molecule has 2 aromatic rings. The molecule has 2 heterocycles. The Balaban J connectivity index is 1.83. The van der Waals surface area contributed by atoms with E-state index in [4.69, 9.17) is 11.6 Å². The lowest BCUT2D eigenvalue weighted by atomic mass is 10.3. The van der Waals surface area contributed by atoms with Crippen molar-refractivity contribution in [2.45, 2.75) is 45.8 Å². The summed E-state index contributed by atoms with van der Waals surface area (Å²) in [5, 5.41) is 8.65. The summed E-state index contributed by atoms with van der Waals surface area (Å²) in [6, 6.07) is 0.696. The fourth-order valence-corrected chi connectivity index (χ4v) is 2.63. The largest absolute Gasteiger partial charge is 0.325 e. The van der Waals surface area contributed by atoms with E-state index in [2.05, 4.69) is 20.0 Å². The third kappa shape index (κ3) is 2.60. The minimum atomic E-state index is 0.696. The number of hydrogen-bond acceptors (Lipinski definition) is 3. The van der Waals surface area contributed by atoms with Crippen LogP contribution in [0.15, 0.2) is 6.20 Å². The molecule has 1 aliphatic carbocycles. The van der Waals surface area contributed by atoms with Crippen molar-refractivity contribution in [2.24, 2.45) is 7.05 Å². The molecule has 0 atom stereocenters. The van der Waals surface area contributed by atoms with Crippen molar-refractivity contribution in [3.05, 3.63) is 34.1 Å². The predicted octanol–water partition coefficient (Wildman–Crippen LogP) is 2.19. The Bertz CT molecular complexity index is 624. The number of imidazole rings is 1. The van der Waals surface area contributed by atoms with Gasteiger partial charge in [-0.15, -0.1) is 0 Å². The molecule has 0 spiro atoms. The van der Waals surface area contributed by atoms with Crippen LogP contribution in [0.2, 0.25) is 5.02 Å². The number of nitrogens with one attached hydrogen (secondary N) is 1. The zero-order valence-corrected chi connectivity index (χ0v) is 12.9. The minimum absolute atomic E-state index is 0.696. The van der Waals surface area contributed by atoms with Crippen molar-refractivity contribution in [1.82, 2.24) is 24.6 Å². The molecule has 1 saturated carbocycles. The third-order valence-electron chi connectivity index (χ3n) is 3.86. The Morgan fingerprint density at radius 2 is 2.15 bits per heavy atom. The lowest BCUT2D eigenvalue weighted by molar-refractivity contribution is 0.601. The molecular weight excluding hydrogens is 274 g/mol. The highest BCUT2D eigenvalue weighted by atomic mass is 35.5. The van der Waals surface area contributed by atoms with E-state index in [1.54, 1.807) is 0 Å². The molecule has 1 fully saturated rings. The standard InChI is InChI=1S/C14H20ClN5/c1-9-14(15)13(19(3)18-9)8-20-10(2)16-6-12(20)7-17-11-4-5-11/h6,11,17H,4-5,7-8H2,1-3H3. The van der Waals surface area contributed by atoms with Crippen LogP contribution >= 0.6 is 11.6 Å². The minimum Gasteiger partial charge on any atom is -0.325 e. The molecule has 6 heteroatoms. The van der Waals surface area contributed by atoms with E-state index in [0.717, 1.165) is 28.8 Å². The SMILES string of the molecule is Cc1nn(C)c(Cn2c(CNC3CC3)cnc2C)c1Cl. The number of hydrogen-bond donors (Lipinski definition) is 1. The molecule has 20 heavy (non-hydrogen) atoms. The van der Waals surface area contributed by atoms with Crippen molar-refractivity contribution in [3.63, 3.8) is 0 Å². The Hall–Kier alpha value is -1.33. The molecule has 1 aliphatic rings. The first-order chi connectivity index (χ1) is 9.56. The highest BCUT2D eigenvalue weighted by Crippen LogP contribution is 2.22. The van der Waals surface area contributed by atoms with Crippen LogP contribution in [0.3, 0.4) is 0 Å². The van der Waals surface area contributed by atoms with Crippen LogP contribution in [0.1, 0.15) is 35.7 Å². The molecule has 2 aromatic heterocycles. The van der Waals surface area contributed by atoms with Gasteiger partial charge >= 0.3 is 0 Å². The van der Waals surface area contributed by atoms with E-state index in [1.165, 1.54) is 18.5 Å². The topological polar surface area (TPSA) is 47.7 Å². The van der Waals surface area contributed by atoms with Gasteiger partial charge in [-0.25, -0.2) is 4.98 Å². The Labute approximate surface area is 124 Å². The van der Waals surface area contributed by atoms with Crippen LogP contribution in [0, 0.1) is 13.8 Å². The fraction of sp³-hybridized carbons (Fsp3) is 0.571. The van der Waals surface area contributed by atoms with Crippen molar-refractivity contribution in [2.75, 3.05) is 0 Å². The molecule has 5 nitrogen and oxygen atoms in total. The van der Waals surface area contributed by atoms with Crippen molar-refractivity contribution < 1.29 is 0 Å². The van der Waals surface area contributed by atoms with Gasteiger partial charge in [0.25, 0.3) is 0 Å². The maximum absolute atomic E-state index is 6.34. The molecule has 1 N–H and O–H groups in total. The first-order valence-electron chi connectivity index (χ1n) is 6.98. The Morgan fingerprint density at radius 1 is 1.40 bits per heavy atom. The zero-order valence-electron chi connectivity index (χ0n) is 12.1. The van der Waals surface area contributed by atoms with Crippen LogP contribution in [0.4, 0.5) is 0 Å². The number of halogens is 1. The molecule has 0 aliphatic heterocycles. The number of aryl methyl sites for hydroxylation is 3. The van der Waals surface area contributed by atoms with E-state index in [9.17, 15) is 0 Å². The van der Waals surface area contributed by atoms with E-state index in [-0.39, 0.29) is 0 Å².